The van der Waals surface area contributed by atoms with Crippen LogP contribution in [0.3, 0.4) is 0 Å². The van der Waals surface area contributed by atoms with Gasteiger partial charge in [-0.3, -0.25) is 5.10 Å². The Morgan fingerprint density at radius 2 is 2.14 bits per heavy atom. The van der Waals surface area contributed by atoms with Gasteiger partial charge in [0.15, 0.2) is 17.3 Å². The van der Waals surface area contributed by atoms with Crippen LogP contribution in [-0.4, -0.2) is 17.2 Å². The number of aromatic nitrogens is 2. The van der Waals surface area contributed by atoms with E-state index in [9.17, 15) is 0 Å². The average molecular weight is 187 g/mol. The summed E-state index contributed by atoms with van der Waals surface area (Å²) in [5.41, 5.74) is 1.03. The number of H-pyrrole nitrogens is 1. The van der Waals surface area contributed by atoms with Crippen molar-refractivity contribution >= 4 is 11.5 Å². The van der Waals surface area contributed by atoms with Crippen LogP contribution in [-0.2, 0) is 0 Å². The Labute approximate surface area is 81.1 Å². The summed E-state index contributed by atoms with van der Waals surface area (Å²) in [6, 6.07) is 7.89. The quantitative estimate of drug-likeness (QED) is 0.687. The number of nitrogens with one attached hydrogen (secondary N) is 1. The van der Waals surface area contributed by atoms with Crippen LogP contribution in [0.1, 0.15) is 0 Å². The highest BCUT2D eigenvalue weighted by molar-refractivity contribution is 5.74. The van der Waals surface area contributed by atoms with Gasteiger partial charge in [0, 0.05) is 7.05 Å². The predicted octanol–water partition coefficient (Wildman–Crippen LogP) is 2.28. The molecule has 4 nitrogen and oxygen atoms in total. The third-order valence-electron chi connectivity index (χ3n) is 2.35. The molecular weight excluding hydrogens is 178 g/mol. The minimum atomic E-state index is 0.770. The maximum atomic E-state index is 5.65. The van der Waals surface area contributed by atoms with E-state index in [1.54, 1.807) is 6.20 Å². The Balaban J connectivity index is 2.20. The number of ether oxygens (including phenoxy) is 1. The van der Waals surface area contributed by atoms with Crippen LogP contribution >= 0.6 is 0 Å². The van der Waals surface area contributed by atoms with Crippen molar-refractivity contribution in [2.75, 3.05) is 11.9 Å². The second-order valence-corrected chi connectivity index (χ2v) is 3.20. The number of anilines is 2. The largest absolute Gasteiger partial charge is 0.450 e. The molecule has 1 aromatic heterocycles. The van der Waals surface area contributed by atoms with Crippen LogP contribution in [0.5, 0.6) is 11.5 Å². The molecule has 0 unspecified atom stereocenters. The zero-order valence-electron chi connectivity index (χ0n) is 7.69. The third kappa shape index (κ3) is 0.849. The van der Waals surface area contributed by atoms with Crippen LogP contribution in [0.15, 0.2) is 30.5 Å². The Morgan fingerprint density at radius 3 is 3.07 bits per heavy atom. The van der Waals surface area contributed by atoms with Gasteiger partial charge in [0.2, 0.25) is 0 Å². The summed E-state index contributed by atoms with van der Waals surface area (Å²) in [6.07, 6.45) is 1.75. The fourth-order valence-electron chi connectivity index (χ4n) is 1.64. The van der Waals surface area contributed by atoms with Crippen LogP contribution in [0.2, 0.25) is 0 Å². The Bertz CT molecular complexity index is 478. The summed E-state index contributed by atoms with van der Waals surface area (Å²) < 4.78 is 5.65. The van der Waals surface area contributed by atoms with Crippen LogP contribution in [0.25, 0.3) is 0 Å². The number of nitrogens with zero attached hydrogens (tertiary/aromatic N) is 2. The number of hydrogen-bond donors (Lipinski definition) is 1. The molecule has 1 aliphatic heterocycles. The molecule has 0 spiro atoms. The molecule has 0 bridgehead atoms. The molecule has 0 amide bonds. The normalized spacial score (nSPS) is 13.1. The van der Waals surface area contributed by atoms with E-state index in [1.807, 2.05) is 36.2 Å². The smallest absolute Gasteiger partial charge is 0.197 e. The van der Waals surface area contributed by atoms with Gasteiger partial charge in [0.1, 0.15) is 0 Å². The molecule has 0 saturated carbocycles. The molecule has 0 fully saturated rings. The lowest BCUT2D eigenvalue weighted by atomic mass is 10.2. The number of benzene rings is 1. The first kappa shape index (κ1) is 7.44. The van der Waals surface area contributed by atoms with Crippen molar-refractivity contribution in [3.05, 3.63) is 30.5 Å². The standard InChI is InChI=1S/C10H9N3O/c1-13-7-4-2-3-5-8(7)14-9-6-11-12-10(9)13/h2-6H,1H3,(H,11,12). The summed E-state index contributed by atoms with van der Waals surface area (Å²) in [4.78, 5) is 2.00. The minimum Gasteiger partial charge on any atom is -0.450 e. The van der Waals surface area contributed by atoms with Crippen molar-refractivity contribution in [2.45, 2.75) is 0 Å². The van der Waals surface area contributed by atoms with Crippen LogP contribution in [0, 0.1) is 0 Å². The number of hydrogen-bond acceptors (Lipinski definition) is 3. The van der Waals surface area contributed by atoms with Crippen LogP contribution < -0.4 is 9.64 Å². The fourth-order valence-corrected chi connectivity index (χ4v) is 1.64. The molecular formula is C10H9N3O. The van der Waals surface area contributed by atoms with E-state index in [2.05, 4.69) is 10.2 Å². The monoisotopic (exact) mass is 187 g/mol. The van der Waals surface area contributed by atoms with E-state index in [0.717, 1.165) is 23.0 Å². The summed E-state index contributed by atoms with van der Waals surface area (Å²) >= 11 is 0. The summed E-state index contributed by atoms with van der Waals surface area (Å²) in [7, 11) is 1.97. The summed E-state index contributed by atoms with van der Waals surface area (Å²) in [5.74, 6) is 2.46. The van der Waals surface area contributed by atoms with E-state index in [-0.39, 0.29) is 0 Å². The average Bonchev–Trinajstić information content (AvgIpc) is 2.66. The van der Waals surface area contributed by atoms with Gasteiger partial charge < -0.3 is 9.64 Å². The van der Waals surface area contributed by atoms with E-state index in [0.29, 0.717) is 0 Å². The molecule has 1 aromatic carbocycles. The van der Waals surface area contributed by atoms with Gasteiger partial charge in [-0.15, -0.1) is 0 Å². The number of fused-ring (bicyclic) bond motifs is 2. The molecule has 70 valence electrons. The van der Waals surface area contributed by atoms with Gasteiger partial charge >= 0.3 is 0 Å². The second kappa shape index (κ2) is 2.51. The van der Waals surface area contributed by atoms with Gasteiger partial charge in [0.25, 0.3) is 0 Å². The zero-order chi connectivity index (χ0) is 9.54. The lowest BCUT2D eigenvalue weighted by Crippen LogP contribution is -2.15. The van der Waals surface area contributed by atoms with Crippen molar-refractivity contribution in [1.29, 1.82) is 0 Å². The molecule has 1 N–H and O–H groups in total. The zero-order valence-corrected chi connectivity index (χ0v) is 7.69. The lowest BCUT2D eigenvalue weighted by Gasteiger charge is -2.25. The number of rotatable bonds is 0. The first-order valence-electron chi connectivity index (χ1n) is 4.40. The Morgan fingerprint density at radius 1 is 1.29 bits per heavy atom. The second-order valence-electron chi connectivity index (χ2n) is 3.20. The van der Waals surface area contributed by atoms with Gasteiger partial charge in [-0.05, 0) is 12.1 Å². The van der Waals surface area contributed by atoms with E-state index >= 15 is 0 Å². The molecule has 4 heteroatoms. The fraction of sp³-hybridized carbons (Fsp3) is 0.100. The van der Waals surface area contributed by atoms with Crippen molar-refractivity contribution < 1.29 is 4.74 Å². The Hall–Kier alpha value is -1.97. The minimum absolute atomic E-state index is 0.770. The molecule has 0 aliphatic carbocycles. The number of aromatic amines is 1. The lowest BCUT2D eigenvalue weighted by molar-refractivity contribution is 0.476. The molecule has 1 aliphatic rings. The summed E-state index contributed by atoms with van der Waals surface area (Å²) in [5, 5.41) is 6.90. The van der Waals surface area contributed by atoms with Gasteiger partial charge in [-0.1, -0.05) is 12.1 Å². The molecule has 2 heterocycles. The first-order chi connectivity index (χ1) is 6.86. The number of para-hydroxylation sites is 2. The predicted molar refractivity (Wildman–Crippen MR) is 53.2 cm³/mol. The topological polar surface area (TPSA) is 41.1 Å². The first-order valence-corrected chi connectivity index (χ1v) is 4.40. The Kier molecular flexibility index (Phi) is 1.33. The van der Waals surface area contributed by atoms with Gasteiger partial charge in [-0.25, -0.2) is 0 Å². The molecule has 0 saturated heterocycles. The van der Waals surface area contributed by atoms with Crippen molar-refractivity contribution in [2.24, 2.45) is 0 Å². The SMILES string of the molecule is CN1c2ccccc2Oc2c[nH]nc21. The van der Waals surface area contributed by atoms with E-state index < -0.39 is 0 Å². The highest BCUT2D eigenvalue weighted by atomic mass is 16.5. The molecule has 14 heavy (non-hydrogen) atoms. The van der Waals surface area contributed by atoms with E-state index in [1.165, 1.54) is 0 Å². The molecule has 0 atom stereocenters. The van der Waals surface area contributed by atoms with Crippen molar-refractivity contribution in [3.8, 4) is 11.5 Å². The molecule has 2 aromatic rings. The van der Waals surface area contributed by atoms with Gasteiger partial charge in [-0.2, -0.15) is 5.10 Å². The maximum Gasteiger partial charge on any atom is 0.197 e. The van der Waals surface area contributed by atoms with Crippen LogP contribution in [0.4, 0.5) is 11.5 Å². The third-order valence-corrected chi connectivity index (χ3v) is 2.35. The van der Waals surface area contributed by atoms with E-state index in [4.69, 9.17) is 4.74 Å². The summed E-state index contributed by atoms with van der Waals surface area (Å²) in [6.45, 7) is 0. The molecule has 0 radical (unpaired) electrons. The van der Waals surface area contributed by atoms with Crippen molar-refractivity contribution in [1.82, 2.24) is 10.2 Å². The maximum absolute atomic E-state index is 5.65. The highest BCUT2D eigenvalue weighted by Crippen LogP contribution is 2.43. The van der Waals surface area contributed by atoms with Gasteiger partial charge in [0.05, 0.1) is 11.9 Å². The molecule has 3 rings (SSSR count). The highest BCUT2D eigenvalue weighted by Gasteiger charge is 2.22. The van der Waals surface area contributed by atoms with Crippen molar-refractivity contribution in [3.63, 3.8) is 0 Å².